The zero-order valence-corrected chi connectivity index (χ0v) is 13.0. The molecular weight excluding hydrogens is 332 g/mol. The molecule has 3 rings (SSSR count). The van der Waals surface area contributed by atoms with Crippen LogP contribution >= 0.6 is 11.6 Å². The predicted octanol–water partition coefficient (Wildman–Crippen LogP) is 1.35. The van der Waals surface area contributed by atoms with Crippen LogP contribution in [-0.4, -0.2) is 47.0 Å². The van der Waals surface area contributed by atoms with Crippen molar-refractivity contribution < 1.29 is 17.7 Å². The Morgan fingerprint density at radius 2 is 2.09 bits per heavy atom. The van der Waals surface area contributed by atoms with Crippen molar-refractivity contribution in [3.05, 3.63) is 29.9 Å². The highest BCUT2D eigenvalue weighted by atomic mass is 35.5. The predicted molar refractivity (Wildman–Crippen MR) is 76.0 cm³/mol. The summed E-state index contributed by atoms with van der Waals surface area (Å²) in [6.07, 6.45) is 6.25. The van der Waals surface area contributed by atoms with E-state index in [-0.39, 0.29) is 23.6 Å². The van der Waals surface area contributed by atoms with Crippen molar-refractivity contribution in [2.75, 3.05) is 13.1 Å². The van der Waals surface area contributed by atoms with Crippen LogP contribution in [0.5, 0.6) is 6.01 Å². The minimum Gasteiger partial charge on any atom is -0.459 e. The zero-order chi connectivity index (χ0) is 15.6. The Morgan fingerprint density at radius 3 is 2.77 bits per heavy atom. The molecule has 22 heavy (non-hydrogen) atoms. The van der Waals surface area contributed by atoms with Gasteiger partial charge in [0.05, 0.1) is 30.2 Å². The second-order valence-corrected chi connectivity index (χ2v) is 7.16. The van der Waals surface area contributed by atoms with Crippen LogP contribution in [-0.2, 0) is 10.0 Å². The molecular formula is C12H13ClN4O4S. The average Bonchev–Trinajstić information content (AvgIpc) is 3.05. The highest BCUT2D eigenvalue weighted by molar-refractivity contribution is 7.89. The second kappa shape index (κ2) is 6.19. The van der Waals surface area contributed by atoms with Crippen molar-refractivity contribution in [3.8, 4) is 6.01 Å². The summed E-state index contributed by atoms with van der Waals surface area (Å²) < 4.78 is 36.4. The molecule has 1 aliphatic rings. The number of sulfonamides is 1. The van der Waals surface area contributed by atoms with Gasteiger partial charge < -0.3 is 9.26 Å². The molecule has 10 heteroatoms. The molecule has 3 heterocycles. The number of hydrogen-bond acceptors (Lipinski definition) is 7. The van der Waals surface area contributed by atoms with Gasteiger partial charge in [0.2, 0.25) is 10.0 Å². The van der Waals surface area contributed by atoms with Gasteiger partial charge in [-0.1, -0.05) is 16.8 Å². The summed E-state index contributed by atoms with van der Waals surface area (Å²) in [6.45, 7) is 0.647. The van der Waals surface area contributed by atoms with Crippen LogP contribution in [0.15, 0.2) is 34.3 Å². The van der Waals surface area contributed by atoms with Crippen molar-refractivity contribution in [2.24, 2.45) is 0 Å². The fourth-order valence-corrected chi connectivity index (χ4v) is 3.67. The monoisotopic (exact) mass is 344 g/mol. The fourth-order valence-electron chi connectivity index (χ4n) is 2.20. The molecule has 0 spiro atoms. The summed E-state index contributed by atoms with van der Waals surface area (Å²) in [5.41, 5.74) is 0. The third-order valence-electron chi connectivity index (χ3n) is 3.26. The summed E-state index contributed by atoms with van der Waals surface area (Å²) in [6, 6.07) is 0.179. The number of rotatable bonds is 4. The maximum Gasteiger partial charge on any atom is 0.316 e. The number of piperidine rings is 1. The van der Waals surface area contributed by atoms with E-state index in [2.05, 4.69) is 19.6 Å². The largest absolute Gasteiger partial charge is 0.459 e. The van der Waals surface area contributed by atoms with Crippen LogP contribution in [0.1, 0.15) is 12.8 Å². The van der Waals surface area contributed by atoms with E-state index >= 15 is 0 Å². The molecule has 0 N–H and O–H groups in total. The first-order valence-corrected chi connectivity index (χ1v) is 8.41. The van der Waals surface area contributed by atoms with E-state index in [0.29, 0.717) is 18.0 Å². The van der Waals surface area contributed by atoms with Gasteiger partial charge in [-0.05, 0) is 12.8 Å². The van der Waals surface area contributed by atoms with Crippen LogP contribution in [0.25, 0.3) is 0 Å². The number of nitrogens with zero attached hydrogens (tertiary/aromatic N) is 4. The van der Waals surface area contributed by atoms with E-state index in [9.17, 15) is 8.42 Å². The molecule has 1 aliphatic heterocycles. The van der Waals surface area contributed by atoms with Crippen LogP contribution in [0.3, 0.4) is 0 Å². The van der Waals surface area contributed by atoms with Gasteiger partial charge in [-0.25, -0.2) is 18.4 Å². The molecule has 8 nitrogen and oxygen atoms in total. The van der Waals surface area contributed by atoms with E-state index in [0.717, 1.165) is 12.7 Å². The van der Waals surface area contributed by atoms with Gasteiger partial charge in [0.25, 0.3) is 0 Å². The SMILES string of the molecule is O=S(=O)(c1cnoc1)N1CCCC(Oc2ncc(Cl)cn2)C1. The fraction of sp³-hybridized carbons (Fsp3) is 0.417. The number of ether oxygens (including phenoxy) is 1. The third-order valence-corrected chi connectivity index (χ3v) is 5.26. The van der Waals surface area contributed by atoms with Crippen LogP contribution in [0.4, 0.5) is 0 Å². The van der Waals surface area contributed by atoms with Crippen LogP contribution in [0.2, 0.25) is 5.02 Å². The van der Waals surface area contributed by atoms with Crippen molar-refractivity contribution in [2.45, 2.75) is 23.8 Å². The maximum absolute atomic E-state index is 12.4. The molecule has 2 aromatic rings. The van der Waals surface area contributed by atoms with E-state index in [1.807, 2.05) is 0 Å². The Labute approximate surface area is 132 Å². The van der Waals surface area contributed by atoms with Crippen LogP contribution < -0.4 is 4.74 Å². The standard InChI is InChI=1S/C12H13ClN4O4S/c13-9-4-14-12(15-5-9)21-10-2-1-3-17(7-10)22(18,19)11-6-16-20-8-11/h4-6,8,10H,1-3,7H2. The van der Waals surface area contributed by atoms with Gasteiger partial charge in [0, 0.05) is 6.54 Å². The van der Waals surface area contributed by atoms with Gasteiger partial charge in [-0.3, -0.25) is 0 Å². The lowest BCUT2D eigenvalue weighted by Crippen LogP contribution is -2.44. The lowest BCUT2D eigenvalue weighted by molar-refractivity contribution is 0.119. The topological polar surface area (TPSA) is 98.4 Å². The van der Waals surface area contributed by atoms with Crippen molar-refractivity contribution in [1.29, 1.82) is 0 Å². The highest BCUT2D eigenvalue weighted by Crippen LogP contribution is 2.22. The van der Waals surface area contributed by atoms with E-state index in [4.69, 9.17) is 16.3 Å². The Morgan fingerprint density at radius 1 is 1.32 bits per heavy atom. The second-order valence-electron chi connectivity index (χ2n) is 4.79. The number of halogens is 1. The minimum absolute atomic E-state index is 0.0379. The van der Waals surface area contributed by atoms with Gasteiger partial charge in [-0.2, -0.15) is 4.31 Å². The third kappa shape index (κ3) is 3.21. The number of hydrogen-bond donors (Lipinski definition) is 0. The molecule has 0 aromatic carbocycles. The molecule has 2 aromatic heterocycles. The first kappa shape index (κ1) is 15.2. The Balaban J connectivity index is 1.70. The summed E-state index contributed by atoms with van der Waals surface area (Å²) in [4.78, 5) is 7.94. The quantitative estimate of drug-likeness (QED) is 0.825. The molecule has 118 valence electrons. The maximum atomic E-state index is 12.4. The average molecular weight is 345 g/mol. The summed E-state index contributed by atoms with van der Waals surface area (Å²) in [5.74, 6) is 0. The van der Waals surface area contributed by atoms with Crippen molar-refractivity contribution in [3.63, 3.8) is 0 Å². The summed E-state index contributed by atoms with van der Waals surface area (Å²) >= 11 is 5.71. The Kier molecular flexibility index (Phi) is 4.27. The van der Waals surface area contributed by atoms with Crippen molar-refractivity contribution >= 4 is 21.6 Å². The Hall–Kier alpha value is -1.71. The molecule has 0 radical (unpaired) electrons. The summed E-state index contributed by atoms with van der Waals surface area (Å²) in [5, 5.41) is 3.84. The lowest BCUT2D eigenvalue weighted by Gasteiger charge is -2.30. The smallest absolute Gasteiger partial charge is 0.316 e. The lowest BCUT2D eigenvalue weighted by atomic mass is 10.1. The van der Waals surface area contributed by atoms with Gasteiger partial charge in [0.15, 0.2) is 0 Å². The minimum atomic E-state index is -3.62. The molecule has 1 saturated heterocycles. The van der Waals surface area contributed by atoms with Gasteiger partial charge in [-0.15, -0.1) is 0 Å². The molecule has 1 atom stereocenters. The molecule has 0 aliphatic carbocycles. The molecule has 1 unspecified atom stereocenters. The normalized spacial score (nSPS) is 20.0. The van der Waals surface area contributed by atoms with Gasteiger partial charge >= 0.3 is 6.01 Å². The van der Waals surface area contributed by atoms with Crippen LogP contribution in [0, 0.1) is 0 Å². The number of aromatic nitrogens is 3. The first-order chi connectivity index (χ1) is 10.6. The highest BCUT2D eigenvalue weighted by Gasteiger charge is 2.32. The molecule has 0 bridgehead atoms. The van der Waals surface area contributed by atoms with E-state index < -0.39 is 10.0 Å². The molecule has 0 saturated carbocycles. The molecule has 0 amide bonds. The first-order valence-electron chi connectivity index (χ1n) is 6.59. The zero-order valence-electron chi connectivity index (χ0n) is 11.4. The Bertz CT molecular complexity index is 720. The van der Waals surface area contributed by atoms with Crippen molar-refractivity contribution in [1.82, 2.24) is 19.4 Å². The summed E-state index contributed by atoms with van der Waals surface area (Å²) in [7, 11) is -3.62. The van der Waals surface area contributed by atoms with E-state index in [1.54, 1.807) is 0 Å². The van der Waals surface area contributed by atoms with E-state index in [1.165, 1.54) is 22.9 Å². The molecule has 1 fully saturated rings. The van der Waals surface area contributed by atoms with Gasteiger partial charge in [0.1, 0.15) is 17.3 Å².